The number of H-pyrrole nitrogens is 1. The van der Waals surface area contributed by atoms with Crippen molar-refractivity contribution in [3.05, 3.63) is 70.4 Å². The zero-order valence-electron chi connectivity index (χ0n) is 16.1. The molecule has 0 aliphatic rings. The Morgan fingerprint density at radius 2 is 2.00 bits per heavy atom. The zero-order valence-corrected chi connectivity index (χ0v) is 16.1. The van der Waals surface area contributed by atoms with E-state index in [0.717, 1.165) is 23.5 Å². The number of aryl methyl sites for hydroxylation is 2. The van der Waals surface area contributed by atoms with Crippen molar-refractivity contribution in [2.24, 2.45) is 0 Å². The first-order valence-electron chi connectivity index (χ1n) is 8.94. The lowest BCUT2D eigenvalue weighted by Crippen LogP contribution is -2.27. The van der Waals surface area contributed by atoms with E-state index in [9.17, 15) is 4.79 Å². The van der Waals surface area contributed by atoms with E-state index < -0.39 is 0 Å². The highest BCUT2D eigenvalue weighted by Gasteiger charge is 2.20. The third kappa shape index (κ3) is 4.62. The van der Waals surface area contributed by atoms with Crippen LogP contribution < -0.4 is 5.32 Å². The van der Waals surface area contributed by atoms with Crippen molar-refractivity contribution < 1.29 is 9.32 Å². The highest BCUT2D eigenvalue weighted by atomic mass is 16.5. The van der Waals surface area contributed by atoms with Crippen LogP contribution in [-0.2, 0) is 13.1 Å². The molecule has 2 aromatic heterocycles. The van der Waals surface area contributed by atoms with Crippen LogP contribution in [0.1, 0.15) is 51.7 Å². The standard InChI is InChI=1S/C20H25N5O2/c1-13(19-14(2)22-23-15(19)3)21-20(26)18-10-17(27-24-18)12-25(4)11-16-8-6-5-7-9-16/h5-10,13H,11-12H2,1-4H3,(H,21,26)(H,22,23). The Hall–Kier alpha value is -2.93. The third-order valence-corrected chi connectivity index (χ3v) is 4.48. The SMILES string of the molecule is Cc1n[nH]c(C)c1C(C)NC(=O)c1cc(CN(C)Cc2ccccc2)on1. The molecule has 1 aromatic carbocycles. The van der Waals surface area contributed by atoms with Gasteiger partial charge in [0.05, 0.1) is 18.3 Å². The maximum Gasteiger partial charge on any atom is 0.273 e. The minimum atomic E-state index is -0.261. The van der Waals surface area contributed by atoms with Crippen LogP contribution in [0.3, 0.4) is 0 Å². The van der Waals surface area contributed by atoms with Gasteiger partial charge in [-0.1, -0.05) is 35.5 Å². The Morgan fingerprint density at radius 3 is 2.67 bits per heavy atom. The molecule has 3 aromatic rings. The molecular weight excluding hydrogens is 342 g/mol. The number of carbonyl (C=O) groups excluding carboxylic acids is 1. The van der Waals surface area contributed by atoms with Gasteiger partial charge in [0.25, 0.3) is 5.91 Å². The quantitative estimate of drug-likeness (QED) is 0.670. The summed E-state index contributed by atoms with van der Waals surface area (Å²) >= 11 is 0. The number of hydrogen-bond acceptors (Lipinski definition) is 5. The van der Waals surface area contributed by atoms with Gasteiger partial charge in [-0.15, -0.1) is 0 Å². The maximum absolute atomic E-state index is 12.5. The summed E-state index contributed by atoms with van der Waals surface area (Å²) in [6, 6.07) is 11.7. The molecule has 2 N–H and O–H groups in total. The Labute approximate surface area is 158 Å². The van der Waals surface area contributed by atoms with Gasteiger partial charge in [0.15, 0.2) is 11.5 Å². The topological polar surface area (TPSA) is 87.0 Å². The molecule has 1 amide bonds. The molecule has 1 atom stereocenters. The molecule has 0 saturated carbocycles. The Morgan fingerprint density at radius 1 is 1.26 bits per heavy atom. The predicted molar refractivity (Wildman–Crippen MR) is 102 cm³/mol. The molecule has 0 bridgehead atoms. The molecule has 7 heteroatoms. The van der Waals surface area contributed by atoms with Crippen molar-refractivity contribution in [3.8, 4) is 0 Å². The fraction of sp³-hybridized carbons (Fsp3) is 0.350. The smallest absolute Gasteiger partial charge is 0.273 e. The van der Waals surface area contributed by atoms with Gasteiger partial charge >= 0.3 is 0 Å². The Bertz CT molecular complexity index is 881. The van der Waals surface area contributed by atoms with E-state index in [1.165, 1.54) is 5.56 Å². The first kappa shape index (κ1) is 18.8. The summed E-state index contributed by atoms with van der Waals surface area (Å²) in [7, 11) is 2.00. The minimum absolute atomic E-state index is 0.169. The largest absolute Gasteiger partial charge is 0.359 e. The van der Waals surface area contributed by atoms with E-state index in [-0.39, 0.29) is 17.6 Å². The van der Waals surface area contributed by atoms with Gasteiger partial charge in [-0.2, -0.15) is 5.10 Å². The fourth-order valence-corrected chi connectivity index (χ4v) is 3.25. The number of nitrogens with zero attached hydrogens (tertiary/aromatic N) is 3. The normalized spacial score (nSPS) is 12.3. The van der Waals surface area contributed by atoms with Crippen LogP contribution >= 0.6 is 0 Å². The fourth-order valence-electron chi connectivity index (χ4n) is 3.25. The molecule has 0 saturated heterocycles. The van der Waals surface area contributed by atoms with Crippen LogP contribution in [0, 0.1) is 13.8 Å². The van der Waals surface area contributed by atoms with Crippen LogP contribution in [0.4, 0.5) is 0 Å². The molecule has 0 spiro atoms. The minimum Gasteiger partial charge on any atom is -0.359 e. The summed E-state index contributed by atoms with van der Waals surface area (Å²) in [6.45, 7) is 7.15. The van der Waals surface area contributed by atoms with Gasteiger partial charge in [0.2, 0.25) is 0 Å². The molecule has 0 radical (unpaired) electrons. The van der Waals surface area contributed by atoms with Crippen molar-refractivity contribution in [1.29, 1.82) is 0 Å². The molecule has 3 rings (SSSR count). The van der Waals surface area contributed by atoms with Gasteiger partial charge in [-0.25, -0.2) is 0 Å². The number of amides is 1. The van der Waals surface area contributed by atoms with Crippen molar-refractivity contribution in [1.82, 2.24) is 25.6 Å². The molecule has 142 valence electrons. The summed E-state index contributed by atoms with van der Waals surface area (Å²) in [4.78, 5) is 14.6. The van der Waals surface area contributed by atoms with Crippen LogP contribution in [0.5, 0.6) is 0 Å². The number of hydrogen-bond donors (Lipinski definition) is 2. The second-order valence-corrected chi connectivity index (χ2v) is 6.88. The number of carbonyl (C=O) groups is 1. The lowest BCUT2D eigenvalue weighted by atomic mass is 10.1. The summed E-state index contributed by atoms with van der Waals surface area (Å²) in [5.74, 6) is 0.394. The maximum atomic E-state index is 12.5. The van der Waals surface area contributed by atoms with Crippen molar-refractivity contribution in [2.75, 3.05) is 7.05 Å². The number of nitrogens with one attached hydrogen (secondary N) is 2. The average molecular weight is 367 g/mol. The van der Waals surface area contributed by atoms with E-state index >= 15 is 0 Å². The van der Waals surface area contributed by atoms with Crippen LogP contribution in [0.2, 0.25) is 0 Å². The zero-order chi connectivity index (χ0) is 19.4. The predicted octanol–water partition coefficient (Wildman–Crippen LogP) is 3.14. The van der Waals surface area contributed by atoms with Crippen LogP contribution in [0.25, 0.3) is 0 Å². The first-order chi connectivity index (χ1) is 12.9. The molecule has 1 unspecified atom stereocenters. The third-order valence-electron chi connectivity index (χ3n) is 4.48. The highest BCUT2D eigenvalue weighted by Crippen LogP contribution is 2.19. The van der Waals surface area contributed by atoms with E-state index in [4.69, 9.17) is 4.52 Å². The van der Waals surface area contributed by atoms with E-state index in [1.54, 1.807) is 6.07 Å². The molecule has 0 aliphatic carbocycles. The van der Waals surface area contributed by atoms with Crippen LogP contribution in [-0.4, -0.2) is 33.2 Å². The molecule has 2 heterocycles. The summed E-state index contributed by atoms with van der Waals surface area (Å²) in [6.07, 6.45) is 0. The van der Waals surface area contributed by atoms with Crippen molar-refractivity contribution in [3.63, 3.8) is 0 Å². The monoisotopic (exact) mass is 367 g/mol. The van der Waals surface area contributed by atoms with Gasteiger partial charge in [0.1, 0.15) is 0 Å². The molecular formula is C20H25N5O2. The summed E-state index contributed by atoms with van der Waals surface area (Å²) in [5.41, 5.74) is 4.32. The molecule has 27 heavy (non-hydrogen) atoms. The number of aromatic amines is 1. The average Bonchev–Trinajstić information content (AvgIpc) is 3.22. The van der Waals surface area contributed by atoms with Crippen molar-refractivity contribution >= 4 is 5.91 Å². The van der Waals surface area contributed by atoms with Crippen molar-refractivity contribution in [2.45, 2.75) is 39.9 Å². The van der Waals surface area contributed by atoms with E-state index in [0.29, 0.717) is 12.3 Å². The van der Waals surface area contributed by atoms with Gasteiger partial charge in [-0.3, -0.25) is 14.8 Å². The molecule has 7 nitrogen and oxygen atoms in total. The highest BCUT2D eigenvalue weighted by molar-refractivity contribution is 5.92. The van der Waals surface area contributed by atoms with E-state index in [1.807, 2.05) is 46.0 Å². The Balaban J connectivity index is 1.59. The number of benzene rings is 1. The molecule has 0 aliphatic heterocycles. The number of aromatic nitrogens is 3. The second kappa shape index (κ2) is 8.18. The lowest BCUT2D eigenvalue weighted by Gasteiger charge is -2.14. The van der Waals surface area contributed by atoms with Gasteiger partial charge < -0.3 is 9.84 Å². The lowest BCUT2D eigenvalue weighted by molar-refractivity contribution is 0.0930. The Kier molecular flexibility index (Phi) is 5.71. The molecule has 0 fully saturated rings. The van der Waals surface area contributed by atoms with Gasteiger partial charge in [0, 0.05) is 23.9 Å². The summed E-state index contributed by atoms with van der Waals surface area (Å²) < 4.78 is 5.34. The first-order valence-corrected chi connectivity index (χ1v) is 8.94. The number of rotatable bonds is 7. The van der Waals surface area contributed by atoms with Gasteiger partial charge in [-0.05, 0) is 33.4 Å². The van der Waals surface area contributed by atoms with Crippen LogP contribution in [0.15, 0.2) is 40.9 Å². The summed E-state index contributed by atoms with van der Waals surface area (Å²) in [5, 5.41) is 14.0. The second-order valence-electron chi connectivity index (χ2n) is 6.88. The van der Waals surface area contributed by atoms with E-state index in [2.05, 4.69) is 37.7 Å².